The van der Waals surface area contributed by atoms with E-state index in [1.54, 1.807) is 12.3 Å². The maximum Gasteiger partial charge on any atom is 0.273 e. The molecule has 6 nitrogen and oxygen atoms in total. The summed E-state index contributed by atoms with van der Waals surface area (Å²) in [6.45, 7) is 6.67. The number of aromatic nitrogens is 2. The first-order valence-corrected chi connectivity index (χ1v) is 7.69. The van der Waals surface area contributed by atoms with Crippen LogP contribution in [0.5, 0.6) is 0 Å². The summed E-state index contributed by atoms with van der Waals surface area (Å²) < 4.78 is 5.39. The molecule has 0 aromatic carbocycles. The summed E-state index contributed by atoms with van der Waals surface area (Å²) in [6, 6.07) is 3.64. The number of amides is 1. The highest BCUT2D eigenvalue weighted by Crippen LogP contribution is 2.21. The minimum atomic E-state index is -0.261. The van der Waals surface area contributed by atoms with Gasteiger partial charge in [0.2, 0.25) is 5.89 Å². The lowest BCUT2D eigenvalue weighted by Crippen LogP contribution is -2.34. The molecule has 2 aromatic heterocycles. The SMILES string of the molecule is Cc1cc(-c2nc(C(=O)NCC(C)(C)CCCO)co2)ccn1. The number of aliphatic hydroxyl groups excluding tert-OH is 1. The third-order valence-corrected chi connectivity index (χ3v) is 3.62. The van der Waals surface area contributed by atoms with Gasteiger partial charge in [-0.2, -0.15) is 0 Å². The molecule has 0 saturated heterocycles. The maximum absolute atomic E-state index is 12.2. The van der Waals surface area contributed by atoms with E-state index >= 15 is 0 Å². The Morgan fingerprint density at radius 1 is 1.43 bits per heavy atom. The molecule has 2 rings (SSSR count). The predicted octanol–water partition coefficient (Wildman–Crippen LogP) is 2.57. The summed E-state index contributed by atoms with van der Waals surface area (Å²) in [4.78, 5) is 20.5. The van der Waals surface area contributed by atoms with Crippen LogP contribution in [0.15, 0.2) is 29.0 Å². The van der Waals surface area contributed by atoms with Gasteiger partial charge in [-0.05, 0) is 37.3 Å². The van der Waals surface area contributed by atoms with Gasteiger partial charge < -0.3 is 14.8 Å². The van der Waals surface area contributed by atoms with Gasteiger partial charge in [-0.25, -0.2) is 4.98 Å². The van der Waals surface area contributed by atoms with Gasteiger partial charge in [0.15, 0.2) is 5.69 Å². The normalized spacial score (nSPS) is 11.5. The molecule has 23 heavy (non-hydrogen) atoms. The fourth-order valence-corrected chi connectivity index (χ4v) is 2.25. The third-order valence-electron chi connectivity index (χ3n) is 3.62. The van der Waals surface area contributed by atoms with Crippen molar-refractivity contribution in [1.82, 2.24) is 15.3 Å². The van der Waals surface area contributed by atoms with E-state index in [2.05, 4.69) is 29.1 Å². The summed E-state index contributed by atoms with van der Waals surface area (Å²) in [5.41, 5.74) is 1.83. The molecule has 0 aliphatic carbocycles. The monoisotopic (exact) mass is 317 g/mol. The molecule has 0 fully saturated rings. The molecule has 6 heteroatoms. The quantitative estimate of drug-likeness (QED) is 0.819. The van der Waals surface area contributed by atoms with Crippen LogP contribution in [0.3, 0.4) is 0 Å². The second kappa shape index (κ2) is 7.37. The Bertz CT molecular complexity index is 665. The van der Waals surface area contributed by atoms with Crippen molar-refractivity contribution in [2.75, 3.05) is 13.2 Å². The number of carbonyl (C=O) groups is 1. The lowest BCUT2D eigenvalue weighted by molar-refractivity contribution is 0.0928. The number of aliphatic hydroxyl groups is 1. The van der Waals surface area contributed by atoms with Crippen LogP contribution in [-0.4, -0.2) is 34.1 Å². The van der Waals surface area contributed by atoms with Gasteiger partial charge in [0, 0.05) is 30.6 Å². The highest BCUT2D eigenvalue weighted by atomic mass is 16.3. The van der Waals surface area contributed by atoms with Crippen molar-refractivity contribution < 1.29 is 14.3 Å². The molecule has 1 amide bonds. The number of nitrogens with one attached hydrogen (secondary N) is 1. The number of hydrogen-bond donors (Lipinski definition) is 2. The van der Waals surface area contributed by atoms with Gasteiger partial charge in [0.05, 0.1) is 0 Å². The Morgan fingerprint density at radius 2 is 2.22 bits per heavy atom. The van der Waals surface area contributed by atoms with Crippen LogP contribution in [0.25, 0.3) is 11.5 Å². The van der Waals surface area contributed by atoms with E-state index in [0.29, 0.717) is 12.4 Å². The van der Waals surface area contributed by atoms with E-state index in [1.807, 2.05) is 13.0 Å². The molecular weight excluding hydrogens is 294 g/mol. The number of oxazole rings is 1. The first-order chi connectivity index (χ1) is 10.9. The molecule has 0 atom stereocenters. The lowest BCUT2D eigenvalue weighted by atomic mass is 9.88. The molecule has 0 radical (unpaired) electrons. The Balaban J connectivity index is 1.99. The lowest BCUT2D eigenvalue weighted by Gasteiger charge is -2.24. The van der Waals surface area contributed by atoms with Crippen molar-refractivity contribution in [2.45, 2.75) is 33.6 Å². The molecule has 0 aliphatic heterocycles. The smallest absolute Gasteiger partial charge is 0.273 e. The van der Waals surface area contributed by atoms with Crippen LogP contribution >= 0.6 is 0 Å². The average molecular weight is 317 g/mol. The van der Waals surface area contributed by atoms with Crippen molar-refractivity contribution in [2.24, 2.45) is 5.41 Å². The van der Waals surface area contributed by atoms with Crippen LogP contribution in [0.4, 0.5) is 0 Å². The first kappa shape index (κ1) is 17.1. The van der Waals surface area contributed by atoms with Crippen molar-refractivity contribution in [3.05, 3.63) is 36.0 Å². The zero-order chi connectivity index (χ0) is 16.9. The van der Waals surface area contributed by atoms with Crippen molar-refractivity contribution in [3.63, 3.8) is 0 Å². The van der Waals surface area contributed by atoms with Crippen molar-refractivity contribution in [3.8, 4) is 11.5 Å². The number of carbonyl (C=O) groups excluding carboxylic acids is 1. The molecule has 2 aromatic rings. The molecule has 0 unspecified atom stereocenters. The van der Waals surface area contributed by atoms with E-state index in [4.69, 9.17) is 9.52 Å². The van der Waals surface area contributed by atoms with Crippen LogP contribution in [0.1, 0.15) is 42.9 Å². The molecule has 0 saturated carbocycles. The van der Waals surface area contributed by atoms with Gasteiger partial charge in [-0.1, -0.05) is 13.8 Å². The Kier molecular flexibility index (Phi) is 5.50. The van der Waals surface area contributed by atoms with Crippen LogP contribution < -0.4 is 5.32 Å². The molecule has 0 aliphatic rings. The summed E-state index contributed by atoms with van der Waals surface area (Å²) in [5.74, 6) is 0.142. The molecule has 124 valence electrons. The second-order valence-electron chi connectivity index (χ2n) is 6.40. The second-order valence-corrected chi connectivity index (χ2v) is 6.40. The van der Waals surface area contributed by atoms with Crippen molar-refractivity contribution in [1.29, 1.82) is 0 Å². The Labute approximate surface area is 136 Å². The highest BCUT2D eigenvalue weighted by Gasteiger charge is 2.20. The van der Waals surface area contributed by atoms with Gasteiger partial charge in [-0.15, -0.1) is 0 Å². The fourth-order valence-electron chi connectivity index (χ4n) is 2.25. The van der Waals surface area contributed by atoms with Crippen LogP contribution in [0, 0.1) is 12.3 Å². The van der Waals surface area contributed by atoms with Gasteiger partial charge in [0.1, 0.15) is 6.26 Å². The molecule has 0 spiro atoms. The van der Waals surface area contributed by atoms with Gasteiger partial charge in [0.25, 0.3) is 5.91 Å². The predicted molar refractivity (Wildman–Crippen MR) is 86.9 cm³/mol. The average Bonchev–Trinajstić information content (AvgIpc) is 3.01. The molecule has 2 N–H and O–H groups in total. The first-order valence-electron chi connectivity index (χ1n) is 7.69. The third kappa shape index (κ3) is 4.89. The molecular formula is C17H23N3O3. The summed E-state index contributed by atoms with van der Waals surface area (Å²) in [5, 5.41) is 11.8. The number of pyridine rings is 1. The largest absolute Gasteiger partial charge is 0.444 e. The number of hydrogen-bond acceptors (Lipinski definition) is 5. The standard InChI is InChI=1S/C17H23N3O3/c1-12-9-13(5-7-18-12)16-20-14(10-23-16)15(22)19-11-17(2,3)6-4-8-21/h5,7,9-10,21H,4,6,8,11H2,1-3H3,(H,19,22). The van der Waals surface area contributed by atoms with E-state index in [-0.39, 0.29) is 23.6 Å². The Hall–Kier alpha value is -2.21. The van der Waals surface area contributed by atoms with E-state index in [0.717, 1.165) is 24.1 Å². The summed E-state index contributed by atoms with van der Waals surface area (Å²) in [6.07, 6.45) is 4.60. The number of aryl methyl sites for hydroxylation is 1. The van der Waals surface area contributed by atoms with Crippen molar-refractivity contribution >= 4 is 5.91 Å². The van der Waals surface area contributed by atoms with E-state index in [1.165, 1.54) is 6.26 Å². The molecule has 0 bridgehead atoms. The number of nitrogens with zero attached hydrogens (tertiary/aromatic N) is 2. The van der Waals surface area contributed by atoms with Crippen LogP contribution in [-0.2, 0) is 0 Å². The van der Waals surface area contributed by atoms with E-state index in [9.17, 15) is 4.79 Å². The number of rotatable bonds is 7. The minimum absolute atomic E-state index is 0.0762. The summed E-state index contributed by atoms with van der Waals surface area (Å²) >= 11 is 0. The zero-order valence-electron chi connectivity index (χ0n) is 13.8. The highest BCUT2D eigenvalue weighted by molar-refractivity contribution is 5.92. The van der Waals surface area contributed by atoms with Crippen LogP contribution in [0.2, 0.25) is 0 Å². The van der Waals surface area contributed by atoms with E-state index < -0.39 is 0 Å². The Morgan fingerprint density at radius 3 is 2.91 bits per heavy atom. The van der Waals surface area contributed by atoms with Gasteiger partial charge in [-0.3, -0.25) is 9.78 Å². The minimum Gasteiger partial charge on any atom is -0.444 e. The van der Waals surface area contributed by atoms with Gasteiger partial charge >= 0.3 is 0 Å². The fraction of sp³-hybridized carbons (Fsp3) is 0.471. The summed E-state index contributed by atoms with van der Waals surface area (Å²) in [7, 11) is 0. The zero-order valence-corrected chi connectivity index (χ0v) is 13.8. The maximum atomic E-state index is 12.2. The topological polar surface area (TPSA) is 88.2 Å². The molecule has 2 heterocycles.